The van der Waals surface area contributed by atoms with E-state index in [-0.39, 0.29) is 5.56 Å². The smallest absolute Gasteiger partial charge is 0.251 e. The summed E-state index contributed by atoms with van der Waals surface area (Å²) in [6.45, 7) is 6.97. The van der Waals surface area contributed by atoms with Crippen molar-refractivity contribution in [2.45, 2.75) is 33.6 Å². The van der Waals surface area contributed by atoms with Crippen LogP contribution in [0.15, 0.2) is 29.1 Å². The lowest BCUT2D eigenvalue weighted by molar-refractivity contribution is -0.143. The van der Waals surface area contributed by atoms with Crippen LogP contribution in [0.3, 0.4) is 0 Å². The third-order valence-electron chi connectivity index (χ3n) is 3.49. The number of benzene rings is 1. The van der Waals surface area contributed by atoms with E-state index in [0.717, 1.165) is 16.5 Å². The van der Waals surface area contributed by atoms with Gasteiger partial charge in [-0.05, 0) is 38.5 Å². The Hall–Kier alpha value is -2.16. The number of hydrogen-bond acceptors (Lipinski definition) is 4. The van der Waals surface area contributed by atoms with Crippen molar-refractivity contribution in [3.63, 3.8) is 0 Å². The summed E-state index contributed by atoms with van der Waals surface area (Å²) in [7, 11) is 0. The Morgan fingerprint density at radius 1 is 1.23 bits per heavy atom. The quantitative estimate of drug-likeness (QED) is 0.769. The number of rotatable bonds is 6. The lowest BCUT2D eigenvalue weighted by Gasteiger charge is -2.20. The van der Waals surface area contributed by atoms with Crippen LogP contribution < -0.4 is 5.56 Å². The molecule has 2 aromatic rings. The van der Waals surface area contributed by atoms with E-state index in [1.165, 1.54) is 0 Å². The summed E-state index contributed by atoms with van der Waals surface area (Å²) >= 11 is 0. The van der Waals surface area contributed by atoms with Crippen LogP contribution in [0.5, 0.6) is 0 Å². The summed E-state index contributed by atoms with van der Waals surface area (Å²) in [5.41, 5.74) is 2.03. The van der Waals surface area contributed by atoms with Crippen LogP contribution in [0, 0.1) is 18.3 Å². The minimum atomic E-state index is -0.482. The molecular weight excluding hydrogens is 280 g/mol. The Bertz CT molecular complexity index is 753. The molecule has 1 heterocycles. The summed E-state index contributed by atoms with van der Waals surface area (Å²) in [6, 6.07) is 9.07. The van der Waals surface area contributed by atoms with Gasteiger partial charge in [-0.1, -0.05) is 6.07 Å². The van der Waals surface area contributed by atoms with Gasteiger partial charge in [0.2, 0.25) is 0 Å². The Balaban J connectivity index is 2.56. The molecule has 0 aliphatic carbocycles. The molecule has 0 radical (unpaired) electrons. The highest BCUT2D eigenvalue weighted by Crippen LogP contribution is 2.18. The van der Waals surface area contributed by atoms with Gasteiger partial charge in [0.25, 0.3) is 5.56 Å². The lowest BCUT2D eigenvalue weighted by Crippen LogP contribution is -2.30. The highest BCUT2D eigenvalue weighted by Gasteiger charge is 2.14. The monoisotopic (exact) mass is 300 g/mol. The third kappa shape index (κ3) is 3.35. The van der Waals surface area contributed by atoms with E-state index in [4.69, 9.17) is 14.7 Å². The van der Waals surface area contributed by atoms with Crippen molar-refractivity contribution in [3.05, 3.63) is 45.7 Å². The van der Waals surface area contributed by atoms with Gasteiger partial charge in [0.1, 0.15) is 0 Å². The van der Waals surface area contributed by atoms with E-state index >= 15 is 0 Å². The average molecular weight is 300 g/mol. The van der Waals surface area contributed by atoms with E-state index in [9.17, 15) is 4.79 Å². The first-order valence-corrected chi connectivity index (χ1v) is 7.38. The highest BCUT2D eigenvalue weighted by molar-refractivity contribution is 5.83. The maximum atomic E-state index is 12.4. The van der Waals surface area contributed by atoms with E-state index in [1.54, 1.807) is 22.8 Å². The van der Waals surface area contributed by atoms with Gasteiger partial charge < -0.3 is 14.0 Å². The molecule has 0 saturated heterocycles. The van der Waals surface area contributed by atoms with Gasteiger partial charge in [0.05, 0.1) is 23.7 Å². The molecule has 0 fully saturated rings. The van der Waals surface area contributed by atoms with Crippen LogP contribution in [0.25, 0.3) is 10.9 Å². The highest BCUT2D eigenvalue weighted by atomic mass is 16.7. The standard InChI is InChI=1S/C17H20N2O3/c1-4-21-17(22-5-2)11-19-15-9-13(10-18)6-7-14(15)12(3)8-16(19)20/h6-9,17H,4-5,11H2,1-3H3. The zero-order chi connectivity index (χ0) is 16.1. The van der Waals surface area contributed by atoms with Gasteiger partial charge in [-0.2, -0.15) is 5.26 Å². The van der Waals surface area contributed by atoms with Crippen molar-refractivity contribution in [1.29, 1.82) is 5.26 Å². The van der Waals surface area contributed by atoms with E-state index in [1.807, 2.05) is 26.8 Å². The fourth-order valence-corrected chi connectivity index (χ4v) is 2.48. The number of nitrogens with zero attached hydrogens (tertiary/aromatic N) is 2. The normalized spacial score (nSPS) is 11.0. The van der Waals surface area contributed by atoms with Crippen LogP contribution in [0.1, 0.15) is 25.0 Å². The Morgan fingerprint density at radius 3 is 2.50 bits per heavy atom. The van der Waals surface area contributed by atoms with Gasteiger partial charge in [0, 0.05) is 24.7 Å². The van der Waals surface area contributed by atoms with Crippen molar-refractivity contribution in [3.8, 4) is 6.07 Å². The second-order valence-corrected chi connectivity index (χ2v) is 4.96. The number of pyridine rings is 1. The van der Waals surface area contributed by atoms with Gasteiger partial charge in [-0.25, -0.2) is 0 Å². The minimum Gasteiger partial charge on any atom is -0.351 e. The predicted octanol–water partition coefficient (Wildman–Crippen LogP) is 2.58. The molecule has 0 spiro atoms. The van der Waals surface area contributed by atoms with Crippen LogP contribution >= 0.6 is 0 Å². The van der Waals surface area contributed by atoms with Crippen molar-refractivity contribution >= 4 is 10.9 Å². The summed E-state index contributed by atoms with van der Waals surface area (Å²) in [5, 5.41) is 10.0. The van der Waals surface area contributed by atoms with Gasteiger partial charge in [-0.15, -0.1) is 0 Å². The fraction of sp³-hybridized carbons (Fsp3) is 0.412. The summed E-state index contributed by atoms with van der Waals surface area (Å²) < 4.78 is 12.7. The predicted molar refractivity (Wildman–Crippen MR) is 84.7 cm³/mol. The largest absolute Gasteiger partial charge is 0.351 e. The maximum Gasteiger partial charge on any atom is 0.251 e. The number of hydrogen-bond donors (Lipinski definition) is 0. The van der Waals surface area contributed by atoms with Crippen LogP contribution in [0.2, 0.25) is 0 Å². The zero-order valence-corrected chi connectivity index (χ0v) is 13.1. The second-order valence-electron chi connectivity index (χ2n) is 4.96. The topological polar surface area (TPSA) is 64.2 Å². The molecule has 0 aliphatic rings. The lowest BCUT2D eigenvalue weighted by atomic mass is 10.1. The molecule has 0 aliphatic heterocycles. The molecule has 0 unspecified atom stereocenters. The Labute approximate surface area is 129 Å². The van der Waals surface area contributed by atoms with Crippen molar-refractivity contribution < 1.29 is 9.47 Å². The fourth-order valence-electron chi connectivity index (χ4n) is 2.48. The molecule has 116 valence electrons. The minimum absolute atomic E-state index is 0.121. The third-order valence-corrected chi connectivity index (χ3v) is 3.49. The van der Waals surface area contributed by atoms with Gasteiger partial charge >= 0.3 is 0 Å². The molecule has 5 nitrogen and oxygen atoms in total. The van der Waals surface area contributed by atoms with Crippen molar-refractivity contribution in [2.75, 3.05) is 13.2 Å². The number of ether oxygens (including phenoxy) is 2. The van der Waals surface area contributed by atoms with E-state index in [0.29, 0.717) is 25.3 Å². The Kier molecular flexibility index (Phi) is 5.31. The number of aromatic nitrogens is 1. The molecule has 0 saturated carbocycles. The van der Waals surface area contributed by atoms with Crippen LogP contribution in [-0.2, 0) is 16.0 Å². The first-order chi connectivity index (χ1) is 10.6. The maximum absolute atomic E-state index is 12.4. The van der Waals surface area contributed by atoms with Gasteiger partial charge in [-0.3, -0.25) is 4.79 Å². The van der Waals surface area contributed by atoms with E-state index < -0.39 is 6.29 Å². The molecule has 1 aromatic carbocycles. The summed E-state index contributed by atoms with van der Waals surface area (Å²) in [6.07, 6.45) is -0.482. The SMILES string of the molecule is CCOC(Cn1c(=O)cc(C)c2ccc(C#N)cc21)OCC. The summed E-state index contributed by atoms with van der Waals surface area (Å²) in [4.78, 5) is 12.4. The van der Waals surface area contributed by atoms with Crippen LogP contribution in [-0.4, -0.2) is 24.1 Å². The molecule has 0 bridgehead atoms. The van der Waals surface area contributed by atoms with E-state index in [2.05, 4.69) is 6.07 Å². The number of aryl methyl sites for hydroxylation is 1. The number of nitriles is 1. The zero-order valence-electron chi connectivity index (χ0n) is 13.1. The molecule has 0 amide bonds. The van der Waals surface area contributed by atoms with Crippen LogP contribution in [0.4, 0.5) is 0 Å². The first kappa shape index (κ1) is 16.2. The molecule has 0 N–H and O–H groups in total. The summed E-state index contributed by atoms with van der Waals surface area (Å²) in [5.74, 6) is 0. The van der Waals surface area contributed by atoms with Crippen molar-refractivity contribution in [2.24, 2.45) is 0 Å². The molecule has 1 aromatic heterocycles. The second kappa shape index (κ2) is 7.21. The molecule has 22 heavy (non-hydrogen) atoms. The first-order valence-electron chi connectivity index (χ1n) is 7.38. The van der Waals surface area contributed by atoms with Crippen molar-refractivity contribution in [1.82, 2.24) is 4.57 Å². The molecule has 0 atom stereocenters. The Morgan fingerprint density at radius 2 is 1.91 bits per heavy atom. The molecule has 5 heteroatoms. The number of fused-ring (bicyclic) bond motifs is 1. The van der Waals surface area contributed by atoms with Gasteiger partial charge in [0.15, 0.2) is 6.29 Å². The molecule has 2 rings (SSSR count). The molecular formula is C17H20N2O3. The average Bonchev–Trinajstić information content (AvgIpc) is 2.51.